The summed E-state index contributed by atoms with van der Waals surface area (Å²) in [6.07, 6.45) is 4.34. The lowest BCUT2D eigenvalue weighted by Crippen LogP contribution is -2.38. The summed E-state index contributed by atoms with van der Waals surface area (Å²) in [4.78, 5) is 14.3. The average Bonchev–Trinajstić information content (AvgIpc) is 3.00. The Bertz CT molecular complexity index is 840. The highest BCUT2D eigenvalue weighted by atomic mass is 79.9. The molecule has 1 aliphatic heterocycles. The Morgan fingerprint density at radius 1 is 1.23 bits per heavy atom. The molecule has 1 aliphatic carbocycles. The van der Waals surface area contributed by atoms with E-state index >= 15 is 0 Å². The average molecular weight is 433 g/mol. The smallest absolute Gasteiger partial charge is 0.256 e. The van der Waals surface area contributed by atoms with Crippen molar-refractivity contribution in [3.05, 3.63) is 50.3 Å². The van der Waals surface area contributed by atoms with Gasteiger partial charge in [-0.15, -0.1) is 11.3 Å². The van der Waals surface area contributed by atoms with E-state index < -0.39 is 0 Å². The second-order valence-corrected chi connectivity index (χ2v) is 10.1. The van der Waals surface area contributed by atoms with Gasteiger partial charge >= 0.3 is 0 Å². The van der Waals surface area contributed by atoms with Gasteiger partial charge < -0.3 is 10.6 Å². The SMILES string of the molecule is CCC(C)(C)[C@@H]1CCc2c(sc3c2C(=O)N[C@H](c2ccc(Br)cc2)N3)C1. The Hall–Kier alpha value is -1.33. The van der Waals surface area contributed by atoms with Crippen LogP contribution >= 0.6 is 27.3 Å². The van der Waals surface area contributed by atoms with Gasteiger partial charge in [-0.2, -0.15) is 0 Å². The zero-order valence-corrected chi connectivity index (χ0v) is 17.9. The van der Waals surface area contributed by atoms with Crippen LogP contribution in [0.25, 0.3) is 0 Å². The van der Waals surface area contributed by atoms with Crippen LogP contribution < -0.4 is 10.6 Å². The summed E-state index contributed by atoms with van der Waals surface area (Å²) in [5.74, 6) is 0.766. The van der Waals surface area contributed by atoms with Crippen LogP contribution in [0.5, 0.6) is 0 Å². The highest BCUT2D eigenvalue weighted by Crippen LogP contribution is 2.46. The number of fused-ring (bicyclic) bond motifs is 3. The molecule has 0 saturated heterocycles. The fourth-order valence-electron chi connectivity index (χ4n) is 4.08. The second-order valence-electron chi connectivity index (χ2n) is 8.09. The predicted molar refractivity (Wildman–Crippen MR) is 112 cm³/mol. The molecule has 4 rings (SSSR count). The molecule has 2 N–H and O–H groups in total. The molecular formula is C21H25BrN2OS. The van der Waals surface area contributed by atoms with Gasteiger partial charge in [0, 0.05) is 9.35 Å². The van der Waals surface area contributed by atoms with E-state index in [1.165, 1.54) is 23.3 Å². The molecule has 0 bridgehead atoms. The monoisotopic (exact) mass is 432 g/mol. The predicted octanol–water partition coefficient (Wildman–Crippen LogP) is 5.91. The van der Waals surface area contributed by atoms with Crippen molar-refractivity contribution in [2.24, 2.45) is 11.3 Å². The molecule has 0 radical (unpaired) electrons. The van der Waals surface area contributed by atoms with Gasteiger partial charge in [0.2, 0.25) is 0 Å². The van der Waals surface area contributed by atoms with Crippen LogP contribution in [0.15, 0.2) is 28.7 Å². The minimum Gasteiger partial charge on any atom is -0.353 e. The summed E-state index contributed by atoms with van der Waals surface area (Å²) in [6.45, 7) is 7.04. The van der Waals surface area contributed by atoms with E-state index in [-0.39, 0.29) is 12.1 Å². The topological polar surface area (TPSA) is 41.1 Å². The molecule has 26 heavy (non-hydrogen) atoms. The summed E-state index contributed by atoms with van der Waals surface area (Å²) in [5.41, 5.74) is 3.61. The van der Waals surface area contributed by atoms with Crippen molar-refractivity contribution < 1.29 is 4.79 Å². The van der Waals surface area contributed by atoms with Gasteiger partial charge in [0.1, 0.15) is 11.2 Å². The van der Waals surface area contributed by atoms with Crippen LogP contribution in [-0.4, -0.2) is 5.91 Å². The molecule has 2 aliphatic rings. The number of halogens is 1. The lowest BCUT2D eigenvalue weighted by atomic mass is 9.69. The summed E-state index contributed by atoms with van der Waals surface area (Å²) in [5, 5.41) is 7.74. The third-order valence-electron chi connectivity index (χ3n) is 6.26. The molecule has 0 spiro atoms. The Morgan fingerprint density at radius 2 is 1.96 bits per heavy atom. The van der Waals surface area contributed by atoms with Crippen LogP contribution in [0.4, 0.5) is 5.00 Å². The summed E-state index contributed by atoms with van der Waals surface area (Å²) in [7, 11) is 0. The number of hydrogen-bond acceptors (Lipinski definition) is 3. The fraction of sp³-hybridized carbons (Fsp3) is 0.476. The molecule has 2 aromatic rings. The highest BCUT2D eigenvalue weighted by molar-refractivity contribution is 9.10. The standard InChI is InChI=1S/C21H25BrN2OS/c1-4-21(2,3)13-7-10-15-16(11-13)26-20-17(15)19(25)23-18(24-20)12-5-8-14(22)9-6-12/h5-6,8-9,13,18,24H,4,7,10-11H2,1-3H3,(H,23,25)/t13-,18+/m1/s1. The molecule has 0 unspecified atom stereocenters. The Morgan fingerprint density at radius 3 is 2.65 bits per heavy atom. The zero-order valence-electron chi connectivity index (χ0n) is 15.5. The maximum absolute atomic E-state index is 12.9. The zero-order chi connectivity index (χ0) is 18.5. The van der Waals surface area contributed by atoms with Gasteiger partial charge in [0.05, 0.1) is 5.56 Å². The second kappa shape index (κ2) is 6.68. The normalized spacial score (nSPS) is 22.2. The third-order valence-corrected chi connectivity index (χ3v) is 7.98. The van der Waals surface area contributed by atoms with Crippen molar-refractivity contribution in [1.82, 2.24) is 5.32 Å². The first-order valence-electron chi connectivity index (χ1n) is 9.36. The lowest BCUT2D eigenvalue weighted by Gasteiger charge is -2.36. The van der Waals surface area contributed by atoms with Gasteiger partial charge in [0.25, 0.3) is 5.91 Å². The summed E-state index contributed by atoms with van der Waals surface area (Å²) in [6, 6.07) is 8.10. The van der Waals surface area contributed by atoms with Crippen molar-refractivity contribution in [3.63, 3.8) is 0 Å². The number of amides is 1. The van der Waals surface area contributed by atoms with Crippen LogP contribution in [0.1, 0.15) is 66.1 Å². The quantitative estimate of drug-likeness (QED) is 0.632. The first kappa shape index (κ1) is 18.1. The van der Waals surface area contributed by atoms with Gasteiger partial charge in [0.15, 0.2) is 0 Å². The van der Waals surface area contributed by atoms with Crippen molar-refractivity contribution in [3.8, 4) is 0 Å². The molecule has 1 aromatic heterocycles. The number of anilines is 1. The van der Waals surface area contributed by atoms with Gasteiger partial charge in [-0.25, -0.2) is 0 Å². The number of rotatable bonds is 3. The van der Waals surface area contributed by atoms with E-state index in [4.69, 9.17) is 0 Å². The van der Waals surface area contributed by atoms with Crippen molar-refractivity contribution in [2.45, 2.75) is 52.6 Å². The summed E-state index contributed by atoms with van der Waals surface area (Å²) < 4.78 is 1.04. The molecule has 0 fully saturated rings. The Kier molecular flexibility index (Phi) is 4.64. The minimum atomic E-state index is -0.161. The number of thiophene rings is 1. The van der Waals surface area contributed by atoms with Crippen LogP contribution in [0.3, 0.4) is 0 Å². The first-order valence-corrected chi connectivity index (χ1v) is 11.0. The number of carbonyl (C=O) groups excluding carboxylic acids is 1. The van der Waals surface area contributed by atoms with Crippen LogP contribution in [0.2, 0.25) is 0 Å². The van der Waals surface area contributed by atoms with E-state index in [0.717, 1.165) is 33.4 Å². The molecule has 0 saturated carbocycles. The van der Waals surface area contributed by atoms with Crippen LogP contribution in [-0.2, 0) is 12.8 Å². The van der Waals surface area contributed by atoms with E-state index in [9.17, 15) is 4.79 Å². The molecular weight excluding hydrogens is 408 g/mol. The number of benzene rings is 1. The maximum Gasteiger partial charge on any atom is 0.256 e. The van der Waals surface area contributed by atoms with Crippen molar-refractivity contribution in [2.75, 3.05) is 5.32 Å². The summed E-state index contributed by atoms with van der Waals surface area (Å²) >= 11 is 5.26. The van der Waals surface area contributed by atoms with E-state index in [1.807, 2.05) is 24.3 Å². The largest absolute Gasteiger partial charge is 0.353 e. The molecule has 1 aromatic carbocycles. The minimum absolute atomic E-state index is 0.0670. The third kappa shape index (κ3) is 3.09. The van der Waals surface area contributed by atoms with Crippen LogP contribution in [0, 0.1) is 11.3 Å². The number of carbonyl (C=O) groups is 1. The highest BCUT2D eigenvalue weighted by Gasteiger charge is 2.37. The lowest BCUT2D eigenvalue weighted by molar-refractivity contribution is 0.0934. The van der Waals surface area contributed by atoms with E-state index in [1.54, 1.807) is 11.3 Å². The maximum atomic E-state index is 12.9. The Labute approximate surface area is 167 Å². The molecule has 2 heterocycles. The molecule has 2 atom stereocenters. The van der Waals surface area contributed by atoms with Crippen molar-refractivity contribution in [1.29, 1.82) is 0 Å². The molecule has 138 valence electrons. The molecule has 1 amide bonds. The van der Waals surface area contributed by atoms with E-state index in [0.29, 0.717) is 11.3 Å². The van der Waals surface area contributed by atoms with Gasteiger partial charge in [-0.3, -0.25) is 4.79 Å². The number of hydrogen-bond donors (Lipinski definition) is 2. The Balaban J connectivity index is 1.63. The molecule has 3 nitrogen and oxygen atoms in total. The fourth-order valence-corrected chi connectivity index (χ4v) is 5.69. The van der Waals surface area contributed by atoms with Gasteiger partial charge in [-0.1, -0.05) is 55.3 Å². The first-order chi connectivity index (χ1) is 12.4. The molecule has 5 heteroatoms. The number of nitrogens with one attached hydrogen (secondary N) is 2. The van der Waals surface area contributed by atoms with Crippen molar-refractivity contribution >= 4 is 38.2 Å². The van der Waals surface area contributed by atoms with Gasteiger partial charge in [-0.05, 0) is 53.9 Å². The van der Waals surface area contributed by atoms with E-state index in [2.05, 4.69) is 47.3 Å².